The van der Waals surface area contributed by atoms with Gasteiger partial charge in [0.1, 0.15) is 12.3 Å². The van der Waals surface area contributed by atoms with Gasteiger partial charge >= 0.3 is 11.9 Å². The smallest absolute Gasteiger partial charge is 0.309 e. The van der Waals surface area contributed by atoms with E-state index < -0.39 is 12.3 Å². The Morgan fingerprint density at radius 1 is 1.23 bits per heavy atom. The lowest BCUT2D eigenvalue weighted by Crippen LogP contribution is -2.27. The summed E-state index contributed by atoms with van der Waals surface area (Å²) < 4.78 is 30.4. The number of aliphatic hydroxyl groups is 1. The quantitative estimate of drug-likeness (QED) is 0.169. The van der Waals surface area contributed by atoms with Crippen LogP contribution in [0.15, 0.2) is 12.2 Å². The first-order chi connectivity index (χ1) is 14.8. The van der Waals surface area contributed by atoms with Crippen LogP contribution in [0, 0.1) is 17.8 Å². The van der Waals surface area contributed by atoms with Gasteiger partial charge < -0.3 is 19.3 Å². The van der Waals surface area contributed by atoms with Gasteiger partial charge in [-0.1, -0.05) is 54.5 Å². The number of carbonyl (C=O) groups excluding carboxylic acids is 2. The van der Waals surface area contributed by atoms with Crippen LogP contribution in [0.1, 0.15) is 58.3 Å². The van der Waals surface area contributed by atoms with Crippen LogP contribution in [-0.2, 0) is 23.8 Å². The van der Waals surface area contributed by atoms with Gasteiger partial charge in [-0.25, -0.2) is 4.39 Å². The molecular formula is C23H36FIO6. The molecule has 0 aromatic heterocycles. The van der Waals surface area contributed by atoms with Crippen LogP contribution in [0.25, 0.3) is 0 Å². The second-order valence-corrected chi connectivity index (χ2v) is 10.2. The van der Waals surface area contributed by atoms with Crippen LogP contribution in [0.3, 0.4) is 0 Å². The van der Waals surface area contributed by atoms with E-state index in [0.29, 0.717) is 19.3 Å². The largest absolute Gasteiger partial charge is 0.469 e. The van der Waals surface area contributed by atoms with E-state index in [4.69, 9.17) is 14.2 Å². The number of rotatable bonds is 12. The van der Waals surface area contributed by atoms with E-state index in [2.05, 4.69) is 22.6 Å². The molecule has 0 radical (unpaired) electrons. The lowest BCUT2D eigenvalue weighted by molar-refractivity contribution is -0.146. The molecule has 178 valence electrons. The van der Waals surface area contributed by atoms with Gasteiger partial charge in [-0.2, -0.15) is 0 Å². The lowest BCUT2D eigenvalue weighted by atomic mass is 9.85. The number of fused-ring (bicyclic) bond motifs is 1. The van der Waals surface area contributed by atoms with E-state index in [1.807, 2.05) is 6.92 Å². The molecule has 6 nitrogen and oxygen atoms in total. The van der Waals surface area contributed by atoms with E-state index in [1.165, 1.54) is 20.3 Å². The third-order valence-corrected chi connectivity index (χ3v) is 7.93. The molecule has 0 amide bonds. The number of allylic oxidation sites excluding steroid dienone is 1. The Morgan fingerprint density at radius 3 is 2.61 bits per heavy atom. The first-order valence-corrected chi connectivity index (χ1v) is 12.5. The van der Waals surface area contributed by atoms with Crippen molar-refractivity contribution < 1.29 is 33.3 Å². The summed E-state index contributed by atoms with van der Waals surface area (Å²) in [6.45, 7) is 1.99. The number of alkyl halides is 2. The van der Waals surface area contributed by atoms with Crippen LogP contribution in [-0.4, -0.2) is 59.7 Å². The second kappa shape index (κ2) is 13.1. The Kier molecular flexibility index (Phi) is 11.2. The zero-order valence-corrected chi connectivity index (χ0v) is 20.8. The Hall–Kier alpha value is -0.740. The van der Waals surface area contributed by atoms with E-state index in [9.17, 15) is 19.1 Å². The number of unbranched alkanes of at least 4 members (excludes halogenated alkanes) is 1. The topological polar surface area (TPSA) is 82.1 Å². The molecule has 1 aliphatic heterocycles. The number of aliphatic hydroxyl groups excluding tert-OH is 1. The molecular weight excluding hydrogens is 518 g/mol. The summed E-state index contributed by atoms with van der Waals surface area (Å²) in [5.74, 6) is -0.850. The lowest BCUT2D eigenvalue weighted by Gasteiger charge is -2.22. The fraction of sp³-hybridized carbons (Fsp3) is 0.826. The number of carbonyl (C=O) groups is 2. The summed E-state index contributed by atoms with van der Waals surface area (Å²) in [6, 6.07) is 0. The summed E-state index contributed by atoms with van der Waals surface area (Å²) >= 11 is 2.37. The molecule has 1 heterocycles. The van der Waals surface area contributed by atoms with Gasteiger partial charge in [0, 0.05) is 10.3 Å². The number of halogens is 2. The predicted octanol–water partition coefficient (Wildman–Crippen LogP) is 4.16. The third kappa shape index (κ3) is 7.39. The molecule has 0 unspecified atom stereocenters. The first kappa shape index (κ1) is 26.5. The van der Waals surface area contributed by atoms with Gasteiger partial charge in [0.2, 0.25) is 0 Å². The summed E-state index contributed by atoms with van der Waals surface area (Å²) in [5.41, 5.74) is 0. The molecule has 2 rings (SSSR count). The van der Waals surface area contributed by atoms with Crippen molar-refractivity contribution in [2.75, 3.05) is 14.2 Å². The van der Waals surface area contributed by atoms with Gasteiger partial charge in [-0.15, -0.1) is 0 Å². The van der Waals surface area contributed by atoms with Crippen molar-refractivity contribution in [3.05, 3.63) is 12.2 Å². The van der Waals surface area contributed by atoms with Crippen LogP contribution >= 0.6 is 22.6 Å². The minimum absolute atomic E-state index is 0.0474. The van der Waals surface area contributed by atoms with E-state index in [1.54, 1.807) is 6.08 Å². The molecule has 0 aromatic rings. The maximum Gasteiger partial charge on any atom is 0.309 e. The fourth-order valence-electron chi connectivity index (χ4n) is 4.72. The summed E-state index contributed by atoms with van der Waals surface area (Å²) in [4.78, 5) is 23.7. The highest BCUT2D eigenvalue weighted by molar-refractivity contribution is 14.1. The van der Waals surface area contributed by atoms with Crippen LogP contribution in [0.5, 0.6) is 0 Å². The maximum absolute atomic E-state index is 14.2. The summed E-state index contributed by atoms with van der Waals surface area (Å²) in [6.07, 6.45) is 6.12. The number of hydrogen-bond donors (Lipinski definition) is 1. The molecule has 0 aromatic carbocycles. The van der Waals surface area contributed by atoms with Crippen LogP contribution < -0.4 is 0 Å². The molecule has 1 N–H and O–H groups in total. The SMILES string of the molecule is CCCC[C@@H](F)[C@H](O)/C=C/[C@@H]1[C@H]2C[C@H]([C@H](I)CCCC(=O)OC)O[C@H]2C[C@H]1C(=O)OC. The summed E-state index contributed by atoms with van der Waals surface area (Å²) in [5, 5.41) is 10.2. The molecule has 8 heteroatoms. The molecule has 31 heavy (non-hydrogen) atoms. The molecule has 1 saturated heterocycles. The van der Waals surface area contributed by atoms with Crippen LogP contribution in [0.4, 0.5) is 4.39 Å². The molecule has 8 atom stereocenters. The van der Waals surface area contributed by atoms with Gasteiger partial charge in [0.15, 0.2) is 0 Å². The number of methoxy groups -OCH3 is 2. The van der Waals surface area contributed by atoms with E-state index in [-0.39, 0.29) is 45.8 Å². The molecule has 2 aliphatic rings. The van der Waals surface area contributed by atoms with Gasteiger partial charge in [0.05, 0.1) is 32.3 Å². The Balaban J connectivity index is 1.99. The zero-order valence-electron chi connectivity index (χ0n) is 18.7. The average Bonchev–Trinajstić information content (AvgIpc) is 3.33. The summed E-state index contributed by atoms with van der Waals surface area (Å²) in [7, 11) is 2.77. The van der Waals surface area contributed by atoms with Crippen molar-refractivity contribution in [1.29, 1.82) is 0 Å². The highest BCUT2D eigenvalue weighted by atomic mass is 127. The Morgan fingerprint density at radius 2 is 1.97 bits per heavy atom. The van der Waals surface area contributed by atoms with Crippen molar-refractivity contribution in [3.8, 4) is 0 Å². The van der Waals surface area contributed by atoms with Crippen LogP contribution in [0.2, 0.25) is 0 Å². The fourth-order valence-corrected chi connectivity index (χ4v) is 5.62. The Bertz CT molecular complexity index is 615. The van der Waals surface area contributed by atoms with Crippen molar-refractivity contribution in [1.82, 2.24) is 0 Å². The van der Waals surface area contributed by atoms with Crippen molar-refractivity contribution in [3.63, 3.8) is 0 Å². The molecule has 1 aliphatic carbocycles. The number of hydrogen-bond acceptors (Lipinski definition) is 6. The van der Waals surface area contributed by atoms with Crippen molar-refractivity contribution >= 4 is 34.5 Å². The van der Waals surface area contributed by atoms with E-state index >= 15 is 0 Å². The molecule has 2 fully saturated rings. The Labute approximate surface area is 198 Å². The second-order valence-electron chi connectivity index (χ2n) is 8.57. The van der Waals surface area contributed by atoms with Crippen molar-refractivity contribution in [2.24, 2.45) is 17.8 Å². The molecule has 0 bridgehead atoms. The average molecular weight is 554 g/mol. The monoisotopic (exact) mass is 554 g/mol. The predicted molar refractivity (Wildman–Crippen MR) is 124 cm³/mol. The van der Waals surface area contributed by atoms with E-state index in [0.717, 1.165) is 32.1 Å². The standard InChI is InChI=1S/C23H36FIO6/c1-4-5-7-17(24)19(26)11-10-14-15-12-21(18(25)8-6-9-22(27)29-2)31-20(15)13-16(14)23(28)30-3/h10-11,14-21,26H,4-9,12-13H2,1-3H3/b11-10+/t14-,15-,16-,17-,18-,19-,20+,21-/m1/s1. The maximum atomic E-state index is 14.2. The van der Waals surface area contributed by atoms with Crippen molar-refractivity contribution in [2.45, 2.75) is 86.7 Å². The number of ether oxygens (including phenoxy) is 3. The third-order valence-electron chi connectivity index (χ3n) is 6.51. The highest BCUT2D eigenvalue weighted by Crippen LogP contribution is 2.49. The minimum Gasteiger partial charge on any atom is -0.469 e. The zero-order chi connectivity index (χ0) is 23.0. The number of esters is 2. The van der Waals surface area contributed by atoms with Gasteiger partial charge in [-0.3, -0.25) is 9.59 Å². The first-order valence-electron chi connectivity index (χ1n) is 11.3. The van der Waals surface area contributed by atoms with Gasteiger partial charge in [-0.05, 0) is 43.9 Å². The normalized spacial score (nSPS) is 30.7. The highest BCUT2D eigenvalue weighted by Gasteiger charge is 2.52. The molecule has 1 saturated carbocycles. The minimum atomic E-state index is -1.30. The molecule has 0 spiro atoms. The van der Waals surface area contributed by atoms with Gasteiger partial charge in [0.25, 0.3) is 0 Å².